The van der Waals surface area contributed by atoms with Gasteiger partial charge in [0, 0.05) is 12.6 Å². The van der Waals surface area contributed by atoms with Crippen LogP contribution in [0.25, 0.3) is 0 Å². The van der Waals surface area contributed by atoms with Gasteiger partial charge in [-0.15, -0.1) is 0 Å². The first-order valence-electron chi connectivity index (χ1n) is 7.76. The van der Waals surface area contributed by atoms with Gasteiger partial charge in [-0.2, -0.15) is 0 Å². The van der Waals surface area contributed by atoms with Crippen LogP contribution in [0.3, 0.4) is 0 Å². The molecule has 0 bridgehead atoms. The number of para-hydroxylation sites is 1. The summed E-state index contributed by atoms with van der Waals surface area (Å²) in [6.45, 7) is 10.8. The van der Waals surface area contributed by atoms with Crippen LogP contribution in [-0.2, 0) is 0 Å². The van der Waals surface area contributed by atoms with Gasteiger partial charge in [0.05, 0.1) is 12.3 Å². The molecule has 112 valence electrons. The minimum atomic E-state index is 0.346. The van der Waals surface area contributed by atoms with Crippen molar-refractivity contribution in [2.24, 2.45) is 5.41 Å². The van der Waals surface area contributed by atoms with Crippen LogP contribution in [0.2, 0.25) is 0 Å². The number of anilines is 2. The molecule has 1 unspecified atom stereocenters. The molecule has 3 nitrogen and oxygen atoms in total. The summed E-state index contributed by atoms with van der Waals surface area (Å²) in [6.07, 6.45) is 3.34. The lowest BCUT2D eigenvalue weighted by Crippen LogP contribution is -2.25. The van der Waals surface area contributed by atoms with E-state index in [-0.39, 0.29) is 0 Å². The fourth-order valence-electron chi connectivity index (χ4n) is 2.72. The van der Waals surface area contributed by atoms with Gasteiger partial charge >= 0.3 is 0 Å². The maximum Gasteiger partial charge on any atom is 0.144 e. The topological polar surface area (TPSA) is 33.3 Å². The highest BCUT2D eigenvalue weighted by molar-refractivity contribution is 5.76. The first-order chi connectivity index (χ1) is 9.49. The zero-order chi connectivity index (χ0) is 14.6. The number of nitrogens with one attached hydrogen (secondary N) is 2. The molecule has 2 N–H and O–H groups in total. The summed E-state index contributed by atoms with van der Waals surface area (Å²) in [5.74, 6) is 0.966. The summed E-state index contributed by atoms with van der Waals surface area (Å²) >= 11 is 0. The van der Waals surface area contributed by atoms with Crippen LogP contribution in [0, 0.1) is 5.41 Å². The van der Waals surface area contributed by atoms with E-state index in [1.54, 1.807) is 0 Å². The standard InChI is InChI=1S/C17H28N2O/c1-5-11-20-15-8-6-7-14-16(15)18-10-9-13(19-14)12-17(2,3)4/h6-8,13,18-19H,5,9-12H2,1-4H3. The fourth-order valence-corrected chi connectivity index (χ4v) is 2.72. The van der Waals surface area contributed by atoms with Gasteiger partial charge in [-0.3, -0.25) is 0 Å². The minimum absolute atomic E-state index is 0.346. The Balaban J connectivity index is 2.15. The second kappa shape index (κ2) is 6.38. The number of hydrogen-bond donors (Lipinski definition) is 2. The number of rotatable bonds is 4. The van der Waals surface area contributed by atoms with Crippen LogP contribution < -0.4 is 15.4 Å². The van der Waals surface area contributed by atoms with E-state index in [4.69, 9.17) is 4.74 Å². The largest absolute Gasteiger partial charge is 0.491 e. The Kier molecular flexibility index (Phi) is 4.79. The molecule has 0 radical (unpaired) electrons. The minimum Gasteiger partial charge on any atom is -0.491 e. The molecular formula is C17H28N2O. The first-order valence-corrected chi connectivity index (χ1v) is 7.76. The van der Waals surface area contributed by atoms with Crippen molar-refractivity contribution in [3.63, 3.8) is 0 Å². The summed E-state index contributed by atoms with van der Waals surface area (Å²) in [6, 6.07) is 6.78. The van der Waals surface area contributed by atoms with Gasteiger partial charge in [0.25, 0.3) is 0 Å². The highest BCUT2D eigenvalue weighted by Gasteiger charge is 2.22. The van der Waals surface area contributed by atoms with Crippen molar-refractivity contribution in [1.82, 2.24) is 0 Å². The highest BCUT2D eigenvalue weighted by Crippen LogP contribution is 2.36. The van der Waals surface area contributed by atoms with Crippen molar-refractivity contribution >= 4 is 11.4 Å². The van der Waals surface area contributed by atoms with Crippen molar-refractivity contribution in [2.45, 2.75) is 53.0 Å². The molecule has 1 aromatic rings. The number of benzene rings is 1. The normalized spacial score (nSPS) is 18.5. The third-order valence-corrected chi connectivity index (χ3v) is 3.50. The third kappa shape index (κ3) is 4.06. The van der Waals surface area contributed by atoms with Crippen molar-refractivity contribution < 1.29 is 4.74 Å². The maximum absolute atomic E-state index is 5.84. The molecule has 0 aromatic heterocycles. The molecule has 1 aliphatic rings. The smallest absolute Gasteiger partial charge is 0.144 e. The molecule has 3 heteroatoms. The first kappa shape index (κ1) is 15.0. The van der Waals surface area contributed by atoms with Gasteiger partial charge in [0.1, 0.15) is 11.4 Å². The highest BCUT2D eigenvalue weighted by atomic mass is 16.5. The van der Waals surface area contributed by atoms with Crippen molar-refractivity contribution in [3.05, 3.63) is 18.2 Å². The van der Waals surface area contributed by atoms with Crippen LogP contribution in [0.4, 0.5) is 11.4 Å². The third-order valence-electron chi connectivity index (χ3n) is 3.50. The fraction of sp³-hybridized carbons (Fsp3) is 0.647. The van der Waals surface area contributed by atoms with Gasteiger partial charge in [-0.1, -0.05) is 33.8 Å². The van der Waals surface area contributed by atoms with Crippen molar-refractivity contribution in [2.75, 3.05) is 23.8 Å². The zero-order valence-corrected chi connectivity index (χ0v) is 13.3. The van der Waals surface area contributed by atoms with Gasteiger partial charge in [0.2, 0.25) is 0 Å². The molecular weight excluding hydrogens is 248 g/mol. The molecule has 0 fully saturated rings. The summed E-state index contributed by atoms with van der Waals surface area (Å²) in [5, 5.41) is 7.22. The molecule has 1 atom stereocenters. The van der Waals surface area contributed by atoms with E-state index < -0.39 is 0 Å². The Morgan fingerprint density at radius 3 is 2.80 bits per heavy atom. The monoisotopic (exact) mass is 276 g/mol. The predicted molar refractivity (Wildman–Crippen MR) is 86.8 cm³/mol. The molecule has 2 rings (SSSR count). The molecule has 0 saturated heterocycles. The molecule has 0 spiro atoms. The second-order valence-electron chi connectivity index (χ2n) is 6.85. The Bertz CT molecular complexity index is 437. The second-order valence-corrected chi connectivity index (χ2v) is 6.85. The summed E-state index contributed by atoms with van der Waals surface area (Å²) in [7, 11) is 0. The predicted octanol–water partition coefficient (Wildman–Crippen LogP) is 4.51. The lowest BCUT2D eigenvalue weighted by molar-refractivity contribution is 0.319. The van der Waals surface area contributed by atoms with Crippen molar-refractivity contribution in [3.8, 4) is 5.75 Å². The van der Waals surface area contributed by atoms with Gasteiger partial charge in [-0.05, 0) is 36.8 Å². The van der Waals surface area contributed by atoms with Crippen LogP contribution in [-0.4, -0.2) is 19.2 Å². The SMILES string of the molecule is CCCOc1cccc2c1NCCC(CC(C)(C)C)N2. The van der Waals surface area contributed by atoms with E-state index in [2.05, 4.69) is 50.5 Å². The molecule has 20 heavy (non-hydrogen) atoms. The van der Waals surface area contributed by atoms with E-state index >= 15 is 0 Å². The van der Waals surface area contributed by atoms with Crippen LogP contribution in [0.1, 0.15) is 47.0 Å². The maximum atomic E-state index is 5.84. The summed E-state index contributed by atoms with van der Waals surface area (Å²) in [5.41, 5.74) is 2.64. The molecule has 0 aliphatic carbocycles. The Labute approximate surface area is 123 Å². The molecule has 0 amide bonds. The molecule has 1 aromatic carbocycles. The van der Waals surface area contributed by atoms with E-state index in [1.807, 2.05) is 6.07 Å². The van der Waals surface area contributed by atoms with Crippen LogP contribution in [0.15, 0.2) is 18.2 Å². The number of hydrogen-bond acceptors (Lipinski definition) is 3. The molecule has 1 aliphatic heterocycles. The lowest BCUT2D eigenvalue weighted by Gasteiger charge is -2.26. The average molecular weight is 276 g/mol. The van der Waals surface area contributed by atoms with E-state index in [0.29, 0.717) is 11.5 Å². The van der Waals surface area contributed by atoms with E-state index in [9.17, 15) is 0 Å². The summed E-state index contributed by atoms with van der Waals surface area (Å²) < 4.78 is 5.84. The Morgan fingerprint density at radius 2 is 2.10 bits per heavy atom. The Morgan fingerprint density at radius 1 is 1.30 bits per heavy atom. The van der Waals surface area contributed by atoms with Gasteiger partial charge in [0.15, 0.2) is 0 Å². The lowest BCUT2D eigenvalue weighted by atomic mass is 9.87. The van der Waals surface area contributed by atoms with Gasteiger partial charge in [-0.25, -0.2) is 0 Å². The number of ether oxygens (including phenoxy) is 1. The van der Waals surface area contributed by atoms with Crippen LogP contribution in [0.5, 0.6) is 5.75 Å². The average Bonchev–Trinajstić information content (AvgIpc) is 2.56. The quantitative estimate of drug-likeness (QED) is 0.849. The molecule has 1 heterocycles. The molecule has 0 saturated carbocycles. The summed E-state index contributed by atoms with van der Waals surface area (Å²) in [4.78, 5) is 0. The number of fused-ring (bicyclic) bond motifs is 1. The van der Waals surface area contributed by atoms with E-state index in [1.165, 1.54) is 12.1 Å². The van der Waals surface area contributed by atoms with Crippen molar-refractivity contribution in [1.29, 1.82) is 0 Å². The zero-order valence-electron chi connectivity index (χ0n) is 13.3. The van der Waals surface area contributed by atoms with E-state index in [0.717, 1.165) is 37.4 Å². The van der Waals surface area contributed by atoms with Gasteiger partial charge < -0.3 is 15.4 Å². The van der Waals surface area contributed by atoms with Crippen LogP contribution >= 0.6 is 0 Å². The Hall–Kier alpha value is -1.38.